The molecule has 2 amide bonds. The van der Waals surface area contributed by atoms with Crippen LogP contribution in [0.2, 0.25) is 0 Å². The molecule has 3 rings (SSSR count). The van der Waals surface area contributed by atoms with Gasteiger partial charge in [0.05, 0.1) is 0 Å². The van der Waals surface area contributed by atoms with Gasteiger partial charge in [-0.1, -0.05) is 18.5 Å². The molecular formula is C17H26N4O3. The van der Waals surface area contributed by atoms with Gasteiger partial charge in [-0.3, -0.25) is 9.59 Å². The zero-order valence-electron chi connectivity index (χ0n) is 14.5. The number of piperidine rings is 1. The first-order valence-electron chi connectivity index (χ1n) is 8.97. The molecule has 1 aliphatic heterocycles. The molecule has 24 heavy (non-hydrogen) atoms. The number of hydrogen-bond donors (Lipinski definition) is 1. The summed E-state index contributed by atoms with van der Waals surface area (Å²) in [6, 6.07) is -0.242. The number of carbonyl (C=O) groups is 2. The average Bonchev–Trinajstić information content (AvgIpc) is 2.97. The molecule has 2 fully saturated rings. The van der Waals surface area contributed by atoms with E-state index in [4.69, 9.17) is 4.52 Å². The lowest BCUT2D eigenvalue weighted by Gasteiger charge is -2.36. The average molecular weight is 334 g/mol. The van der Waals surface area contributed by atoms with Crippen molar-refractivity contribution in [3.8, 4) is 0 Å². The van der Waals surface area contributed by atoms with Gasteiger partial charge in [0, 0.05) is 24.9 Å². The number of likely N-dealkylation sites (tertiary alicyclic amines) is 1. The molecule has 2 aliphatic rings. The first-order valence-corrected chi connectivity index (χ1v) is 8.97. The third-order valence-electron chi connectivity index (χ3n) is 5.20. The lowest BCUT2D eigenvalue weighted by Crippen LogP contribution is -2.46. The summed E-state index contributed by atoms with van der Waals surface area (Å²) >= 11 is 0. The summed E-state index contributed by atoms with van der Waals surface area (Å²) in [4.78, 5) is 30.9. The highest BCUT2D eigenvalue weighted by molar-refractivity contribution is 5.81. The standard InChI is InChI=1S/C17H26N4O3/c1-3-14(16-18-11(2)20-24-16)19-15(22)12-7-9-21(10-8-12)17(23)13-5-4-6-13/h12-14H,3-10H2,1-2H3,(H,19,22). The van der Waals surface area contributed by atoms with Crippen molar-refractivity contribution in [2.45, 2.75) is 58.4 Å². The van der Waals surface area contributed by atoms with Gasteiger partial charge in [0.25, 0.3) is 0 Å². The SMILES string of the molecule is CCC(NC(=O)C1CCN(C(=O)C2CCC2)CC1)c1nc(C)no1. The molecule has 1 unspecified atom stereocenters. The smallest absolute Gasteiger partial charge is 0.249 e. The Bertz CT molecular complexity index is 588. The zero-order valence-corrected chi connectivity index (χ0v) is 14.5. The van der Waals surface area contributed by atoms with Crippen LogP contribution in [0.1, 0.15) is 63.2 Å². The van der Waals surface area contributed by atoms with Gasteiger partial charge in [-0.25, -0.2) is 0 Å². The molecule has 1 aromatic heterocycles. The second kappa shape index (κ2) is 7.32. The number of nitrogens with one attached hydrogen (secondary N) is 1. The first kappa shape index (κ1) is 16.9. The summed E-state index contributed by atoms with van der Waals surface area (Å²) in [6.07, 6.45) is 5.38. The summed E-state index contributed by atoms with van der Waals surface area (Å²) in [5, 5.41) is 6.80. The van der Waals surface area contributed by atoms with E-state index in [9.17, 15) is 9.59 Å². The van der Waals surface area contributed by atoms with Crippen molar-refractivity contribution in [1.29, 1.82) is 0 Å². The lowest BCUT2D eigenvalue weighted by molar-refractivity contribution is -0.141. The Balaban J connectivity index is 1.50. The van der Waals surface area contributed by atoms with Crippen LogP contribution in [0.25, 0.3) is 0 Å². The molecule has 0 aromatic carbocycles. The van der Waals surface area contributed by atoms with Crippen molar-refractivity contribution in [3.63, 3.8) is 0 Å². The normalized spacial score (nSPS) is 20.5. The number of aryl methyl sites for hydroxylation is 1. The van der Waals surface area contributed by atoms with E-state index in [-0.39, 0.29) is 29.7 Å². The molecule has 1 aromatic rings. The van der Waals surface area contributed by atoms with Crippen LogP contribution in [0.3, 0.4) is 0 Å². The maximum absolute atomic E-state index is 12.5. The fraction of sp³-hybridized carbons (Fsp3) is 0.765. The monoisotopic (exact) mass is 334 g/mol. The summed E-state index contributed by atoms with van der Waals surface area (Å²) in [5.74, 6) is 1.52. The number of carbonyl (C=O) groups excluding carboxylic acids is 2. The van der Waals surface area contributed by atoms with Crippen molar-refractivity contribution >= 4 is 11.8 Å². The number of hydrogen-bond acceptors (Lipinski definition) is 5. The number of aromatic nitrogens is 2. The Morgan fingerprint density at radius 2 is 1.96 bits per heavy atom. The summed E-state index contributed by atoms with van der Waals surface area (Å²) in [5.41, 5.74) is 0. The van der Waals surface area contributed by atoms with Crippen molar-refractivity contribution in [1.82, 2.24) is 20.4 Å². The highest BCUT2D eigenvalue weighted by Gasteiger charge is 2.34. The molecule has 1 N–H and O–H groups in total. The molecule has 2 heterocycles. The van der Waals surface area contributed by atoms with Crippen LogP contribution < -0.4 is 5.32 Å². The van der Waals surface area contributed by atoms with Crippen LogP contribution in [-0.4, -0.2) is 39.9 Å². The first-order chi connectivity index (χ1) is 11.6. The third kappa shape index (κ3) is 3.60. The van der Waals surface area contributed by atoms with Gasteiger partial charge in [0.1, 0.15) is 6.04 Å². The van der Waals surface area contributed by atoms with E-state index in [0.717, 1.165) is 25.7 Å². The molecule has 0 spiro atoms. The molecule has 1 atom stereocenters. The minimum Gasteiger partial charge on any atom is -0.344 e. The van der Waals surface area contributed by atoms with E-state index >= 15 is 0 Å². The van der Waals surface area contributed by atoms with E-state index in [0.29, 0.717) is 31.2 Å². The maximum Gasteiger partial charge on any atom is 0.249 e. The van der Waals surface area contributed by atoms with Gasteiger partial charge in [0.15, 0.2) is 5.82 Å². The molecule has 7 nitrogen and oxygen atoms in total. The van der Waals surface area contributed by atoms with E-state index in [2.05, 4.69) is 15.5 Å². The van der Waals surface area contributed by atoms with Crippen molar-refractivity contribution < 1.29 is 14.1 Å². The van der Waals surface area contributed by atoms with Crippen molar-refractivity contribution in [3.05, 3.63) is 11.7 Å². The highest BCUT2D eigenvalue weighted by atomic mass is 16.5. The quantitative estimate of drug-likeness (QED) is 0.889. The Kier molecular flexibility index (Phi) is 5.16. The van der Waals surface area contributed by atoms with E-state index in [1.807, 2.05) is 11.8 Å². The fourth-order valence-electron chi connectivity index (χ4n) is 3.36. The van der Waals surface area contributed by atoms with Gasteiger partial charge in [-0.2, -0.15) is 4.98 Å². The molecule has 7 heteroatoms. The molecule has 0 bridgehead atoms. The number of rotatable bonds is 5. The Morgan fingerprint density at radius 3 is 2.46 bits per heavy atom. The second-order valence-corrected chi connectivity index (χ2v) is 6.88. The minimum absolute atomic E-state index is 0.0217. The Morgan fingerprint density at radius 1 is 1.25 bits per heavy atom. The van der Waals surface area contributed by atoms with E-state index in [1.54, 1.807) is 6.92 Å². The van der Waals surface area contributed by atoms with E-state index < -0.39 is 0 Å². The molecule has 1 saturated carbocycles. The lowest BCUT2D eigenvalue weighted by atomic mass is 9.83. The predicted octanol–water partition coefficient (Wildman–Crippen LogP) is 1.98. The summed E-state index contributed by atoms with van der Waals surface area (Å²) < 4.78 is 5.17. The van der Waals surface area contributed by atoms with Crippen LogP contribution in [0, 0.1) is 18.8 Å². The van der Waals surface area contributed by atoms with Crippen molar-refractivity contribution in [2.24, 2.45) is 11.8 Å². The predicted molar refractivity (Wildman–Crippen MR) is 86.9 cm³/mol. The summed E-state index contributed by atoms with van der Waals surface area (Å²) in [7, 11) is 0. The van der Waals surface area contributed by atoms with Crippen LogP contribution in [0.5, 0.6) is 0 Å². The molecule has 1 saturated heterocycles. The fourth-order valence-corrected chi connectivity index (χ4v) is 3.36. The van der Waals surface area contributed by atoms with Crippen LogP contribution >= 0.6 is 0 Å². The second-order valence-electron chi connectivity index (χ2n) is 6.88. The van der Waals surface area contributed by atoms with Gasteiger partial charge >= 0.3 is 0 Å². The minimum atomic E-state index is -0.242. The third-order valence-corrected chi connectivity index (χ3v) is 5.20. The summed E-state index contributed by atoms with van der Waals surface area (Å²) in [6.45, 7) is 5.11. The highest BCUT2D eigenvalue weighted by Crippen LogP contribution is 2.30. The molecule has 1 aliphatic carbocycles. The van der Waals surface area contributed by atoms with Crippen LogP contribution in [-0.2, 0) is 9.59 Å². The van der Waals surface area contributed by atoms with Crippen molar-refractivity contribution in [2.75, 3.05) is 13.1 Å². The zero-order chi connectivity index (χ0) is 17.1. The molecular weight excluding hydrogens is 308 g/mol. The molecule has 0 radical (unpaired) electrons. The van der Waals surface area contributed by atoms with Crippen LogP contribution in [0.15, 0.2) is 4.52 Å². The van der Waals surface area contributed by atoms with E-state index in [1.165, 1.54) is 6.42 Å². The van der Waals surface area contributed by atoms with Crippen LogP contribution in [0.4, 0.5) is 0 Å². The topological polar surface area (TPSA) is 88.3 Å². The Labute approximate surface area is 142 Å². The number of amides is 2. The van der Waals surface area contributed by atoms with Gasteiger partial charge in [0.2, 0.25) is 17.7 Å². The maximum atomic E-state index is 12.5. The van der Waals surface area contributed by atoms with Gasteiger partial charge in [-0.05, 0) is 39.0 Å². The largest absolute Gasteiger partial charge is 0.344 e. The van der Waals surface area contributed by atoms with Gasteiger partial charge in [-0.15, -0.1) is 0 Å². The molecule has 132 valence electrons. The Hall–Kier alpha value is -1.92. The number of nitrogens with zero attached hydrogens (tertiary/aromatic N) is 3. The van der Waals surface area contributed by atoms with Gasteiger partial charge < -0.3 is 14.7 Å².